The van der Waals surface area contributed by atoms with Crippen LogP contribution in [0, 0.1) is 0 Å². The number of benzene rings is 6. The van der Waals surface area contributed by atoms with Crippen molar-refractivity contribution in [3.63, 3.8) is 0 Å². The molecule has 0 amide bonds. The molecule has 0 bridgehead atoms. The molecule has 8 aromatic rings. The molecule has 0 spiro atoms. The van der Waals surface area contributed by atoms with Gasteiger partial charge in [0.15, 0.2) is 0 Å². The Kier molecular flexibility index (Phi) is 16.7. The van der Waals surface area contributed by atoms with Crippen molar-refractivity contribution in [3.05, 3.63) is 181 Å². The van der Waals surface area contributed by atoms with Crippen LogP contribution < -0.4 is 29.6 Å². The van der Waals surface area contributed by atoms with E-state index in [9.17, 15) is 25.9 Å². The molecule has 20 heteroatoms. The van der Waals surface area contributed by atoms with Crippen LogP contribution in [0.4, 0.5) is 23.3 Å². The van der Waals surface area contributed by atoms with Crippen LogP contribution in [0.1, 0.15) is 11.1 Å². The van der Waals surface area contributed by atoms with Gasteiger partial charge in [0.05, 0.1) is 12.1 Å². The average molecular weight is 941 g/mol. The van der Waals surface area contributed by atoms with Crippen LogP contribution in [0.15, 0.2) is 180 Å². The van der Waals surface area contributed by atoms with E-state index in [-0.39, 0.29) is 117 Å². The van der Waals surface area contributed by atoms with E-state index in [1.807, 2.05) is 24.3 Å². The van der Waals surface area contributed by atoms with Crippen LogP contribution in [0.2, 0.25) is 0 Å². The van der Waals surface area contributed by atoms with E-state index >= 15 is 0 Å². The van der Waals surface area contributed by atoms with Gasteiger partial charge in [-0.05, 0) is 83.9 Å². The average Bonchev–Trinajstić information content (AvgIpc) is 3.27. The van der Waals surface area contributed by atoms with Crippen molar-refractivity contribution in [3.8, 4) is 46.5 Å². The first kappa shape index (κ1) is 49.3. The van der Waals surface area contributed by atoms with Gasteiger partial charge in [-0.15, -0.1) is 0 Å². The molecule has 0 fully saturated rings. The van der Waals surface area contributed by atoms with E-state index in [1.54, 1.807) is 97.1 Å². The van der Waals surface area contributed by atoms with Crippen molar-refractivity contribution in [2.75, 3.05) is 10.6 Å². The zero-order chi connectivity index (χ0) is 44.5. The summed E-state index contributed by atoms with van der Waals surface area (Å²) in [6.07, 6.45) is 2.53. The predicted octanol–water partition coefficient (Wildman–Crippen LogP) is 9.83. The molecule has 2 aromatic heterocycles. The first-order valence-corrected chi connectivity index (χ1v) is 21.9. The number of nitrogens with zero attached hydrogens (tertiary/aromatic N) is 4. The Morgan fingerprint density at radius 2 is 0.667 bits per heavy atom. The van der Waals surface area contributed by atoms with E-state index in [0.717, 1.165) is 12.1 Å². The fourth-order valence-electron chi connectivity index (χ4n) is 5.95. The van der Waals surface area contributed by atoms with Gasteiger partial charge >= 0.3 is 0 Å². The van der Waals surface area contributed by atoms with Gasteiger partial charge in [-0.1, -0.05) is 97.1 Å². The molecule has 0 unspecified atom stereocenters. The maximum atomic E-state index is 12.7. The summed E-state index contributed by atoms with van der Waals surface area (Å²) in [7, 11) is -9.74. The van der Waals surface area contributed by atoms with Crippen LogP contribution in [0.3, 0.4) is 0 Å². The van der Waals surface area contributed by atoms with Gasteiger partial charge in [0.1, 0.15) is 32.8 Å². The summed E-state index contributed by atoms with van der Waals surface area (Å²) < 4.78 is 95.2. The molecule has 0 aliphatic carbocycles. The van der Waals surface area contributed by atoms with Gasteiger partial charge in [0.25, 0.3) is 20.2 Å². The zero-order valence-electron chi connectivity index (χ0n) is 35.1. The Labute approximate surface area is 423 Å². The van der Waals surface area contributed by atoms with Crippen LogP contribution in [0.5, 0.6) is 46.5 Å². The summed E-state index contributed by atoms with van der Waals surface area (Å²) in [6, 6.07) is 46.5. The molecule has 0 aliphatic heterocycles. The molecule has 16 nitrogen and oxygen atoms in total. The third-order valence-electron chi connectivity index (χ3n) is 8.76. The number of para-hydroxylation sites is 4. The van der Waals surface area contributed by atoms with E-state index in [2.05, 4.69) is 30.6 Å². The SMILES string of the molecule is O=S(=O)(O)c1cc(Nc2nc(Oc3ccccc3)cc(Oc3ccccc3)n2)ccc1C=Cc1ccc(Nc2nc(Oc3ccccc3)cc(Oc3ccccc3)n2)cc1S(=O)(=O)O.[Na].[Na]. The summed E-state index contributed by atoms with van der Waals surface area (Å²) in [5.74, 6) is 2.33. The first-order chi connectivity index (χ1) is 30.9. The van der Waals surface area contributed by atoms with Gasteiger partial charge in [-0.25, -0.2) is 0 Å². The Hall–Kier alpha value is -6.16. The smallest absolute Gasteiger partial charge is 0.295 e. The van der Waals surface area contributed by atoms with Crippen LogP contribution in [-0.2, 0) is 20.2 Å². The second-order valence-corrected chi connectivity index (χ2v) is 16.2. The van der Waals surface area contributed by atoms with Crippen LogP contribution in [0.25, 0.3) is 12.2 Å². The maximum absolute atomic E-state index is 12.7. The molecule has 0 aliphatic rings. The minimum absolute atomic E-state index is 0. The number of anilines is 4. The van der Waals surface area contributed by atoms with Gasteiger partial charge in [-0.3, -0.25) is 9.11 Å². The standard InChI is InChI=1S/C46H34N6O10S2.2Na/c53-63(54,55)39-27-33(47-45-49-41(59-35-13-5-1-6-14-35)29-42(50-45)60-36-15-7-2-8-16-36)25-23-31(39)21-22-32-24-26-34(28-40(32)64(56,57)58)48-46-51-43(61-37-17-9-3-10-18-37)30-44(52-46)62-38-19-11-4-12-20-38;;/h1-30H,(H,47,49,50)(H,48,51,52)(H,53,54,55)(H,56,57,58);;. The summed E-state index contributed by atoms with van der Waals surface area (Å²) in [5, 5.41) is 5.86. The van der Waals surface area contributed by atoms with Crippen molar-refractivity contribution in [2.45, 2.75) is 9.79 Å². The summed E-state index contributed by atoms with van der Waals surface area (Å²) >= 11 is 0. The summed E-state index contributed by atoms with van der Waals surface area (Å²) in [6.45, 7) is 0. The molecule has 2 radical (unpaired) electrons. The van der Waals surface area contributed by atoms with Crippen LogP contribution >= 0.6 is 0 Å². The van der Waals surface area contributed by atoms with Gasteiger partial charge in [0.2, 0.25) is 35.4 Å². The predicted molar refractivity (Wildman–Crippen MR) is 250 cm³/mol. The monoisotopic (exact) mass is 940 g/mol. The summed E-state index contributed by atoms with van der Waals surface area (Å²) in [5.41, 5.74) is 0.251. The van der Waals surface area contributed by atoms with Gasteiger partial charge in [-0.2, -0.15) is 36.8 Å². The fourth-order valence-corrected chi connectivity index (χ4v) is 7.37. The molecule has 0 atom stereocenters. The third kappa shape index (κ3) is 13.7. The molecular weight excluding hydrogens is 907 g/mol. The van der Waals surface area contributed by atoms with Gasteiger partial charge < -0.3 is 29.6 Å². The zero-order valence-corrected chi connectivity index (χ0v) is 40.7. The molecular formula is C46H34N6Na2O10S2. The van der Waals surface area contributed by atoms with Gasteiger partial charge in [0, 0.05) is 70.5 Å². The molecule has 0 saturated carbocycles. The van der Waals surface area contributed by atoms with E-state index in [4.69, 9.17) is 18.9 Å². The van der Waals surface area contributed by atoms with Crippen molar-refractivity contribution in [2.24, 2.45) is 0 Å². The summed E-state index contributed by atoms with van der Waals surface area (Å²) in [4.78, 5) is 16.6. The minimum Gasteiger partial charge on any atom is -0.439 e. The largest absolute Gasteiger partial charge is 0.439 e. The first-order valence-electron chi connectivity index (χ1n) is 19.0. The number of aromatic nitrogens is 4. The Bertz CT molecular complexity index is 2850. The van der Waals surface area contributed by atoms with Crippen molar-refractivity contribution in [1.29, 1.82) is 0 Å². The van der Waals surface area contributed by atoms with Crippen molar-refractivity contribution >= 4 is 115 Å². The van der Waals surface area contributed by atoms with E-state index < -0.39 is 30.0 Å². The number of ether oxygens (including phenoxy) is 4. The molecule has 2 heterocycles. The number of rotatable bonds is 16. The Balaban J connectivity index is 0.00000360. The number of nitrogens with one attached hydrogen (secondary N) is 2. The molecule has 66 heavy (non-hydrogen) atoms. The van der Waals surface area contributed by atoms with Crippen LogP contribution in [-0.4, -0.2) is 105 Å². The van der Waals surface area contributed by atoms with Crippen molar-refractivity contribution in [1.82, 2.24) is 19.9 Å². The van der Waals surface area contributed by atoms with E-state index in [0.29, 0.717) is 23.0 Å². The fraction of sp³-hybridized carbons (Fsp3) is 0. The third-order valence-corrected chi connectivity index (χ3v) is 10.6. The Morgan fingerprint density at radius 1 is 0.394 bits per heavy atom. The molecule has 322 valence electrons. The topological polar surface area (TPSA) is 221 Å². The molecule has 4 N–H and O–H groups in total. The minimum atomic E-state index is -4.87. The quantitative estimate of drug-likeness (QED) is 0.0402. The maximum Gasteiger partial charge on any atom is 0.295 e. The van der Waals surface area contributed by atoms with E-state index in [1.165, 1.54) is 48.6 Å². The molecule has 8 rings (SSSR count). The number of hydrogen-bond donors (Lipinski definition) is 4. The molecule has 6 aromatic carbocycles. The van der Waals surface area contributed by atoms with Crippen molar-refractivity contribution < 1.29 is 44.9 Å². The second kappa shape index (κ2) is 22.4. The normalized spacial score (nSPS) is 11.1. The second-order valence-electron chi connectivity index (χ2n) is 13.4. The molecule has 0 saturated heterocycles. The Morgan fingerprint density at radius 3 is 0.924 bits per heavy atom. The number of hydrogen-bond acceptors (Lipinski definition) is 14.